The molecule has 1 atom stereocenters. The van der Waals surface area contributed by atoms with Gasteiger partial charge in [-0.2, -0.15) is 22.3 Å². The molecular weight excluding hydrogens is 507 g/mol. The Hall–Kier alpha value is -0.409. The Morgan fingerprint density at radius 1 is 0.594 bits per heavy atom. The molecule has 0 aliphatic carbocycles. The molecule has 0 saturated heterocycles. The molecule has 1 unspecified atom stereocenters. The van der Waals surface area contributed by atoms with Crippen molar-refractivity contribution in [3.8, 4) is 0 Å². The van der Waals surface area contributed by atoms with Gasteiger partial charge in [-0.05, 0) is 56.9 Å². The van der Waals surface area contributed by atoms with Crippen LogP contribution >= 0.6 is 0 Å². The van der Waals surface area contributed by atoms with Crippen LogP contribution in [0.5, 0.6) is 0 Å². The summed E-state index contributed by atoms with van der Waals surface area (Å²) in [6.45, 7) is 20.5. The average Bonchev–Trinajstić information content (AvgIpc) is 2.80. The van der Waals surface area contributed by atoms with E-state index < -0.39 is 9.52 Å². The molecule has 0 bridgehead atoms. The van der Waals surface area contributed by atoms with Crippen molar-refractivity contribution in [2.45, 2.75) is 67.9 Å². The summed E-state index contributed by atoms with van der Waals surface area (Å²) in [5.41, 5.74) is 16.7. The summed E-state index contributed by atoms with van der Waals surface area (Å²) in [5.74, 6) is 0. The minimum Gasteiger partial charge on any atom is -1.00 e. The predicted octanol–water partition coefficient (Wildman–Crippen LogP) is -3.23. The van der Waals surface area contributed by atoms with E-state index in [1.54, 1.807) is 10.8 Å². The van der Waals surface area contributed by atoms with Gasteiger partial charge < -0.3 is 37.2 Å². The first kappa shape index (κ1) is 33.8. The number of halogens is 3. The van der Waals surface area contributed by atoms with Crippen LogP contribution in [0.2, 0.25) is 0 Å². The van der Waals surface area contributed by atoms with Crippen molar-refractivity contribution in [2.75, 3.05) is 0 Å². The molecule has 0 N–H and O–H groups in total. The Bertz CT molecular complexity index is 985. The SMILES string of the molecule is Cc1cc(C)cc(C([SiH2]c2cc(C)c(C)c(C)c2)[c-]2c(C)c(C)c(C)c2C)c1.[Cl-].[Cl-].[Cl-].[Ti+4]. The number of benzene rings is 2. The Kier molecular flexibility index (Phi) is 14.2. The summed E-state index contributed by atoms with van der Waals surface area (Å²) in [7, 11) is -0.530. The fourth-order valence-corrected chi connectivity index (χ4v) is 7.45. The molecule has 0 radical (unpaired) electrons. The maximum absolute atomic E-state index is 2.46. The number of aryl methyl sites for hydroxylation is 4. The van der Waals surface area contributed by atoms with Gasteiger partial charge in [0.15, 0.2) is 0 Å². The minimum absolute atomic E-state index is 0. The zero-order valence-electron chi connectivity index (χ0n) is 20.8. The van der Waals surface area contributed by atoms with E-state index in [4.69, 9.17) is 0 Å². The summed E-state index contributed by atoms with van der Waals surface area (Å²) >= 11 is 0. The molecule has 3 rings (SSSR count). The molecule has 0 heterocycles. The Morgan fingerprint density at radius 2 is 1.00 bits per heavy atom. The van der Waals surface area contributed by atoms with E-state index in [1.165, 1.54) is 55.6 Å². The van der Waals surface area contributed by atoms with Crippen LogP contribution in [-0.4, -0.2) is 9.52 Å². The molecular formula is C27H35Cl3SiTi. The fourth-order valence-electron chi connectivity index (χ4n) is 4.85. The molecule has 0 spiro atoms. The zero-order chi connectivity index (χ0) is 20.7. The molecule has 0 saturated carbocycles. The normalized spacial score (nSPS) is 11.3. The molecule has 0 amide bonds. The molecule has 32 heavy (non-hydrogen) atoms. The standard InChI is InChI=1S/C27H35Si.3ClH.Ti/c1-15-10-16(2)12-24(11-15)27(26-22(8)20(6)21(7)23(26)9)28-25-13-17(3)19(5)18(4)14-25;;;;/h10-14,27H,28H2,1-9H3;3*1H;/q-1;;;;+4/p-3. The van der Waals surface area contributed by atoms with E-state index in [0.29, 0.717) is 5.54 Å². The molecule has 172 valence electrons. The van der Waals surface area contributed by atoms with Crippen molar-refractivity contribution >= 4 is 14.7 Å². The van der Waals surface area contributed by atoms with Crippen LogP contribution in [0.3, 0.4) is 0 Å². The second-order valence-electron chi connectivity index (χ2n) is 8.95. The molecule has 0 aromatic heterocycles. The number of hydrogen-bond acceptors (Lipinski definition) is 0. The maximum atomic E-state index is 2.46. The predicted molar refractivity (Wildman–Crippen MR) is 128 cm³/mol. The Labute approximate surface area is 231 Å². The van der Waals surface area contributed by atoms with E-state index >= 15 is 0 Å². The maximum Gasteiger partial charge on any atom is 4.00 e. The summed E-state index contributed by atoms with van der Waals surface area (Å²) < 4.78 is 0. The third-order valence-electron chi connectivity index (χ3n) is 6.92. The second kappa shape index (κ2) is 13.5. The van der Waals surface area contributed by atoms with Gasteiger partial charge in [-0.15, -0.1) is 5.56 Å². The largest absolute Gasteiger partial charge is 4.00 e. The van der Waals surface area contributed by atoms with Crippen molar-refractivity contribution in [1.82, 2.24) is 0 Å². The average molecular weight is 542 g/mol. The van der Waals surface area contributed by atoms with Crippen LogP contribution in [0.4, 0.5) is 0 Å². The smallest absolute Gasteiger partial charge is 1.00 e. The van der Waals surface area contributed by atoms with Gasteiger partial charge in [0.05, 0.1) is 9.52 Å². The van der Waals surface area contributed by atoms with Gasteiger partial charge in [-0.25, -0.2) is 0 Å². The fraction of sp³-hybridized carbons (Fsp3) is 0.370. The van der Waals surface area contributed by atoms with Gasteiger partial charge in [0.1, 0.15) is 0 Å². The summed E-state index contributed by atoms with van der Waals surface area (Å²) in [4.78, 5) is 0. The second-order valence-corrected chi connectivity index (χ2v) is 11.0. The monoisotopic (exact) mass is 540 g/mol. The third kappa shape index (κ3) is 6.81. The van der Waals surface area contributed by atoms with Gasteiger partial charge >= 0.3 is 21.7 Å². The van der Waals surface area contributed by atoms with Gasteiger partial charge in [0, 0.05) is 0 Å². The summed E-state index contributed by atoms with van der Waals surface area (Å²) in [6, 6.07) is 12.1. The van der Waals surface area contributed by atoms with Gasteiger partial charge in [-0.1, -0.05) is 79.9 Å². The Morgan fingerprint density at radius 3 is 1.41 bits per heavy atom. The van der Waals surface area contributed by atoms with Crippen molar-refractivity contribution < 1.29 is 58.9 Å². The van der Waals surface area contributed by atoms with Crippen LogP contribution in [-0.2, 0) is 21.7 Å². The van der Waals surface area contributed by atoms with Crippen molar-refractivity contribution in [2.24, 2.45) is 0 Å². The first-order valence-electron chi connectivity index (χ1n) is 10.5. The molecule has 3 aromatic rings. The molecule has 0 fully saturated rings. The van der Waals surface area contributed by atoms with Crippen molar-refractivity contribution in [3.05, 3.63) is 91.5 Å². The zero-order valence-corrected chi connectivity index (χ0v) is 26.0. The van der Waals surface area contributed by atoms with Crippen molar-refractivity contribution in [1.29, 1.82) is 0 Å². The van der Waals surface area contributed by atoms with E-state index in [1.807, 2.05) is 0 Å². The van der Waals surface area contributed by atoms with E-state index in [9.17, 15) is 0 Å². The van der Waals surface area contributed by atoms with E-state index in [2.05, 4.69) is 92.6 Å². The van der Waals surface area contributed by atoms with Crippen LogP contribution in [0, 0.1) is 62.3 Å². The topological polar surface area (TPSA) is 0 Å². The third-order valence-corrected chi connectivity index (χ3v) is 9.08. The van der Waals surface area contributed by atoms with Gasteiger partial charge in [-0.3, -0.25) is 0 Å². The first-order chi connectivity index (χ1) is 13.1. The van der Waals surface area contributed by atoms with Crippen LogP contribution in [0.1, 0.15) is 66.7 Å². The Balaban J connectivity index is 0. The molecule has 3 aromatic carbocycles. The van der Waals surface area contributed by atoms with Gasteiger partial charge in [0.2, 0.25) is 0 Å². The van der Waals surface area contributed by atoms with E-state index in [-0.39, 0.29) is 58.9 Å². The van der Waals surface area contributed by atoms with E-state index in [0.717, 1.165) is 0 Å². The summed E-state index contributed by atoms with van der Waals surface area (Å²) in [5, 5.41) is 1.58. The van der Waals surface area contributed by atoms with Gasteiger partial charge in [0.25, 0.3) is 0 Å². The summed E-state index contributed by atoms with van der Waals surface area (Å²) in [6.07, 6.45) is 0. The van der Waals surface area contributed by atoms with Crippen molar-refractivity contribution in [3.63, 3.8) is 0 Å². The van der Waals surface area contributed by atoms with Crippen LogP contribution in [0.15, 0.2) is 30.3 Å². The minimum atomic E-state index is -0.530. The quantitative estimate of drug-likeness (QED) is 0.241. The van der Waals surface area contributed by atoms with Crippen LogP contribution in [0.25, 0.3) is 0 Å². The molecule has 0 nitrogen and oxygen atoms in total. The molecule has 0 aliphatic rings. The van der Waals surface area contributed by atoms with Crippen LogP contribution < -0.4 is 42.4 Å². The first-order valence-corrected chi connectivity index (χ1v) is 12.0. The number of hydrogen-bond donors (Lipinski definition) is 0. The number of rotatable bonds is 4. The molecule has 5 heteroatoms. The molecule has 0 aliphatic heterocycles.